The molecule has 3 nitrogen and oxygen atoms in total. The molecule has 0 atom stereocenters. The molecule has 108 valence electrons. The van der Waals surface area contributed by atoms with Crippen molar-refractivity contribution in [3.8, 4) is 11.8 Å². The summed E-state index contributed by atoms with van der Waals surface area (Å²) in [5, 5.41) is 4.72. The number of benzene rings is 2. The highest BCUT2D eigenvalue weighted by atomic mass is 16.5. The van der Waals surface area contributed by atoms with E-state index in [4.69, 9.17) is 0 Å². The fraction of sp³-hybridized carbons (Fsp3) is 0.278. The van der Waals surface area contributed by atoms with Gasteiger partial charge < -0.3 is 4.74 Å². The third kappa shape index (κ3) is 4.00. The second-order valence-electron chi connectivity index (χ2n) is 5.86. The minimum Gasteiger partial charge on any atom is -0.453 e. The van der Waals surface area contributed by atoms with E-state index in [0.29, 0.717) is 0 Å². The lowest BCUT2D eigenvalue weighted by Crippen LogP contribution is -2.11. The van der Waals surface area contributed by atoms with Crippen LogP contribution in [0.3, 0.4) is 0 Å². The van der Waals surface area contributed by atoms with Crippen molar-refractivity contribution in [1.29, 1.82) is 0 Å². The van der Waals surface area contributed by atoms with Gasteiger partial charge in [0, 0.05) is 16.4 Å². The lowest BCUT2D eigenvalue weighted by atomic mass is 9.97. The standard InChI is InChI=1S/C18H19NO2/c1-18(2,3)11-10-13-8-9-14-6-5-7-16(15(14)12-13)19-17(20)21-4/h5-9,12H,1-4H3,(H,19,20). The van der Waals surface area contributed by atoms with Crippen molar-refractivity contribution >= 4 is 22.6 Å². The van der Waals surface area contributed by atoms with Gasteiger partial charge in [-0.2, -0.15) is 0 Å². The highest BCUT2D eigenvalue weighted by Gasteiger charge is 2.06. The molecule has 0 saturated heterocycles. The maximum Gasteiger partial charge on any atom is 0.411 e. The Morgan fingerprint density at radius 2 is 1.95 bits per heavy atom. The molecule has 0 aliphatic rings. The molecular formula is C18H19NO2. The van der Waals surface area contributed by atoms with E-state index in [1.165, 1.54) is 7.11 Å². The number of nitrogens with one attached hydrogen (secondary N) is 1. The SMILES string of the molecule is COC(=O)Nc1cccc2ccc(C#CC(C)(C)C)cc12. The first kappa shape index (κ1) is 14.9. The summed E-state index contributed by atoms with van der Waals surface area (Å²) in [5.74, 6) is 6.39. The molecule has 2 aromatic carbocycles. The van der Waals surface area contributed by atoms with Gasteiger partial charge in [-0.25, -0.2) is 4.79 Å². The van der Waals surface area contributed by atoms with Crippen LogP contribution < -0.4 is 5.32 Å². The van der Waals surface area contributed by atoms with E-state index >= 15 is 0 Å². The molecule has 0 unspecified atom stereocenters. The number of rotatable bonds is 1. The zero-order valence-electron chi connectivity index (χ0n) is 12.8. The number of methoxy groups -OCH3 is 1. The Morgan fingerprint density at radius 1 is 1.19 bits per heavy atom. The Balaban J connectivity index is 2.47. The van der Waals surface area contributed by atoms with Crippen molar-refractivity contribution in [1.82, 2.24) is 0 Å². The van der Waals surface area contributed by atoms with Crippen LogP contribution in [0.1, 0.15) is 26.3 Å². The van der Waals surface area contributed by atoms with Crippen LogP contribution in [0.5, 0.6) is 0 Å². The van der Waals surface area contributed by atoms with E-state index in [-0.39, 0.29) is 5.41 Å². The van der Waals surface area contributed by atoms with E-state index in [1.54, 1.807) is 0 Å². The molecule has 0 aliphatic carbocycles. The predicted molar refractivity (Wildman–Crippen MR) is 86.3 cm³/mol. The topological polar surface area (TPSA) is 38.3 Å². The molecule has 21 heavy (non-hydrogen) atoms. The van der Waals surface area contributed by atoms with Gasteiger partial charge >= 0.3 is 6.09 Å². The van der Waals surface area contributed by atoms with Gasteiger partial charge in [0.05, 0.1) is 12.8 Å². The van der Waals surface area contributed by atoms with Crippen molar-refractivity contribution < 1.29 is 9.53 Å². The van der Waals surface area contributed by atoms with Crippen molar-refractivity contribution in [2.24, 2.45) is 5.41 Å². The molecule has 0 aromatic heterocycles. The minimum absolute atomic E-state index is 0.0429. The fourth-order valence-electron chi connectivity index (χ4n) is 1.88. The lowest BCUT2D eigenvalue weighted by molar-refractivity contribution is 0.187. The van der Waals surface area contributed by atoms with Crippen LogP contribution in [0.4, 0.5) is 10.5 Å². The molecule has 1 amide bonds. The number of hydrogen-bond donors (Lipinski definition) is 1. The van der Waals surface area contributed by atoms with E-state index in [0.717, 1.165) is 22.0 Å². The lowest BCUT2D eigenvalue weighted by Gasteiger charge is -2.09. The maximum atomic E-state index is 11.4. The third-order valence-electron chi connectivity index (χ3n) is 2.89. The molecule has 0 bridgehead atoms. The van der Waals surface area contributed by atoms with Crippen LogP contribution in [-0.2, 0) is 4.74 Å². The Hall–Kier alpha value is -2.47. The number of amides is 1. The average molecular weight is 281 g/mol. The molecule has 0 aliphatic heterocycles. The number of fused-ring (bicyclic) bond motifs is 1. The van der Waals surface area contributed by atoms with E-state index in [1.807, 2.05) is 36.4 Å². The van der Waals surface area contributed by atoms with Crippen LogP contribution >= 0.6 is 0 Å². The molecule has 2 rings (SSSR count). The quantitative estimate of drug-likeness (QED) is 0.786. The van der Waals surface area contributed by atoms with Crippen LogP contribution in [0, 0.1) is 17.3 Å². The summed E-state index contributed by atoms with van der Waals surface area (Å²) in [6, 6.07) is 11.7. The van der Waals surface area contributed by atoms with Gasteiger partial charge in [0.15, 0.2) is 0 Å². The van der Waals surface area contributed by atoms with Gasteiger partial charge in [-0.15, -0.1) is 0 Å². The molecule has 3 heteroatoms. The Bertz CT molecular complexity index is 730. The summed E-state index contributed by atoms with van der Waals surface area (Å²) in [6.07, 6.45) is -0.478. The first-order valence-corrected chi connectivity index (χ1v) is 6.80. The summed E-state index contributed by atoms with van der Waals surface area (Å²) in [6.45, 7) is 6.22. The normalized spacial score (nSPS) is 10.7. The molecule has 0 fully saturated rings. The molecule has 0 heterocycles. The monoisotopic (exact) mass is 281 g/mol. The van der Waals surface area contributed by atoms with Crippen molar-refractivity contribution in [2.75, 3.05) is 12.4 Å². The van der Waals surface area contributed by atoms with Crippen LogP contribution in [0.25, 0.3) is 10.8 Å². The van der Waals surface area contributed by atoms with Gasteiger partial charge in [-0.3, -0.25) is 5.32 Å². The summed E-state index contributed by atoms with van der Waals surface area (Å²) in [5.41, 5.74) is 1.61. The Morgan fingerprint density at radius 3 is 2.62 bits per heavy atom. The smallest absolute Gasteiger partial charge is 0.411 e. The van der Waals surface area contributed by atoms with Crippen LogP contribution in [0.2, 0.25) is 0 Å². The molecule has 0 saturated carbocycles. The Kier molecular flexibility index (Phi) is 4.18. The third-order valence-corrected chi connectivity index (χ3v) is 2.89. The molecule has 2 aromatic rings. The average Bonchev–Trinajstić information content (AvgIpc) is 2.44. The molecule has 0 spiro atoms. The predicted octanol–water partition coefficient (Wildman–Crippen LogP) is 4.42. The largest absolute Gasteiger partial charge is 0.453 e. The first-order valence-electron chi connectivity index (χ1n) is 6.80. The summed E-state index contributed by atoms with van der Waals surface area (Å²) < 4.78 is 4.65. The maximum absolute atomic E-state index is 11.4. The van der Waals surface area contributed by atoms with Gasteiger partial charge in [0.1, 0.15) is 0 Å². The summed E-state index contributed by atoms with van der Waals surface area (Å²) >= 11 is 0. The zero-order valence-corrected chi connectivity index (χ0v) is 12.8. The fourth-order valence-corrected chi connectivity index (χ4v) is 1.88. The highest BCUT2D eigenvalue weighted by Crippen LogP contribution is 2.24. The van der Waals surface area contributed by atoms with Gasteiger partial charge in [-0.1, -0.05) is 30.0 Å². The number of carbonyl (C=O) groups excluding carboxylic acids is 1. The first-order chi connectivity index (χ1) is 9.89. The van der Waals surface area contributed by atoms with Gasteiger partial charge in [0.25, 0.3) is 0 Å². The van der Waals surface area contributed by atoms with Crippen molar-refractivity contribution in [3.05, 3.63) is 42.0 Å². The van der Waals surface area contributed by atoms with Gasteiger partial charge in [0.2, 0.25) is 0 Å². The molecule has 0 radical (unpaired) electrons. The highest BCUT2D eigenvalue weighted by molar-refractivity contribution is 6.00. The second kappa shape index (κ2) is 5.88. The number of carbonyl (C=O) groups is 1. The number of ether oxygens (including phenoxy) is 1. The second-order valence-corrected chi connectivity index (χ2v) is 5.86. The van der Waals surface area contributed by atoms with E-state index < -0.39 is 6.09 Å². The summed E-state index contributed by atoms with van der Waals surface area (Å²) in [4.78, 5) is 11.4. The summed E-state index contributed by atoms with van der Waals surface area (Å²) in [7, 11) is 1.35. The zero-order chi connectivity index (χ0) is 15.5. The number of anilines is 1. The van der Waals surface area contributed by atoms with E-state index in [2.05, 4.69) is 42.7 Å². The van der Waals surface area contributed by atoms with E-state index in [9.17, 15) is 4.79 Å². The van der Waals surface area contributed by atoms with Crippen LogP contribution in [-0.4, -0.2) is 13.2 Å². The molecule has 1 N–H and O–H groups in total. The minimum atomic E-state index is -0.478. The number of hydrogen-bond acceptors (Lipinski definition) is 2. The van der Waals surface area contributed by atoms with Crippen molar-refractivity contribution in [2.45, 2.75) is 20.8 Å². The molecular weight excluding hydrogens is 262 g/mol. The van der Waals surface area contributed by atoms with Gasteiger partial charge in [-0.05, 0) is 44.4 Å². The van der Waals surface area contributed by atoms with Crippen molar-refractivity contribution in [3.63, 3.8) is 0 Å². The van der Waals surface area contributed by atoms with Crippen LogP contribution in [0.15, 0.2) is 36.4 Å². The Labute approximate surface area is 125 Å².